The lowest BCUT2D eigenvalue weighted by Crippen LogP contribution is -1.98. The van der Waals surface area contributed by atoms with Crippen molar-refractivity contribution in [2.75, 3.05) is 0 Å². The van der Waals surface area contributed by atoms with Crippen LogP contribution in [0.1, 0.15) is 10.4 Å². The van der Waals surface area contributed by atoms with Crippen LogP contribution in [-0.2, 0) is 0 Å². The van der Waals surface area contributed by atoms with E-state index in [2.05, 4.69) is 21.0 Å². The Morgan fingerprint density at radius 3 is 2.48 bits per heavy atom. The fourth-order valence-corrected chi connectivity index (χ4v) is 2.57. The maximum atomic E-state index is 10.8. The lowest BCUT2D eigenvalue weighted by molar-refractivity contribution is 0.0697. The van der Waals surface area contributed by atoms with E-state index in [0.29, 0.717) is 0 Å². The van der Waals surface area contributed by atoms with Crippen molar-refractivity contribution in [3.8, 4) is 16.8 Å². The van der Waals surface area contributed by atoms with Crippen LogP contribution >= 0.6 is 15.9 Å². The summed E-state index contributed by atoms with van der Waals surface area (Å²) in [4.78, 5) is 10.8. The average Bonchev–Trinajstić information content (AvgIpc) is 2.97. The molecule has 0 bridgehead atoms. The number of hydrogen-bond acceptors (Lipinski definition) is 2. The van der Waals surface area contributed by atoms with Crippen molar-refractivity contribution in [1.82, 2.24) is 9.78 Å². The number of carbonyl (C=O) groups is 1. The van der Waals surface area contributed by atoms with Gasteiger partial charge in [0.2, 0.25) is 0 Å². The second kappa shape index (κ2) is 5.54. The normalized spacial score (nSPS) is 10.5. The minimum atomic E-state index is -0.934. The molecule has 0 spiro atoms. The van der Waals surface area contributed by atoms with Gasteiger partial charge in [-0.15, -0.1) is 0 Å². The van der Waals surface area contributed by atoms with Crippen LogP contribution in [0.5, 0.6) is 0 Å². The van der Waals surface area contributed by atoms with Crippen molar-refractivity contribution in [1.29, 1.82) is 0 Å². The van der Waals surface area contributed by atoms with Gasteiger partial charge >= 0.3 is 5.97 Å². The number of aromatic carboxylic acids is 1. The Balaban J connectivity index is 1.95. The zero-order valence-corrected chi connectivity index (χ0v) is 12.5. The van der Waals surface area contributed by atoms with E-state index in [-0.39, 0.29) is 5.56 Å². The predicted octanol–water partition coefficient (Wildman–Crippen LogP) is 4.00. The summed E-state index contributed by atoms with van der Waals surface area (Å²) in [6, 6.07) is 14.5. The van der Waals surface area contributed by atoms with E-state index < -0.39 is 5.97 Å². The molecule has 4 nitrogen and oxygen atoms in total. The Morgan fingerprint density at radius 2 is 1.81 bits per heavy atom. The highest BCUT2D eigenvalue weighted by atomic mass is 79.9. The van der Waals surface area contributed by atoms with Crippen LogP contribution in [0.4, 0.5) is 0 Å². The number of benzene rings is 2. The molecule has 21 heavy (non-hydrogen) atoms. The summed E-state index contributed by atoms with van der Waals surface area (Å²) in [5, 5.41) is 13.2. The summed E-state index contributed by atoms with van der Waals surface area (Å²) in [6.45, 7) is 0. The Morgan fingerprint density at radius 1 is 1.10 bits per heavy atom. The number of hydrogen-bond donors (Lipinski definition) is 1. The Bertz CT molecular complexity index is 794. The van der Waals surface area contributed by atoms with Gasteiger partial charge in [0, 0.05) is 16.2 Å². The van der Waals surface area contributed by atoms with Gasteiger partial charge in [0.1, 0.15) is 0 Å². The molecule has 5 heteroatoms. The Hall–Kier alpha value is -2.40. The van der Waals surface area contributed by atoms with E-state index in [0.717, 1.165) is 21.3 Å². The molecule has 1 heterocycles. The fraction of sp³-hybridized carbons (Fsp3) is 0. The standard InChI is InChI=1S/C16H11BrN2O2/c17-15-4-2-1-3-14(15)12-9-18-19(10-12)13-7-5-11(6-8-13)16(20)21/h1-10H,(H,20,21). The van der Waals surface area contributed by atoms with Crippen LogP contribution in [-0.4, -0.2) is 20.9 Å². The van der Waals surface area contributed by atoms with Gasteiger partial charge in [0.05, 0.1) is 17.4 Å². The first-order valence-corrected chi connectivity index (χ1v) is 7.08. The fourth-order valence-electron chi connectivity index (χ4n) is 2.06. The molecule has 1 aromatic heterocycles. The molecule has 0 fully saturated rings. The summed E-state index contributed by atoms with van der Waals surface area (Å²) in [5.74, 6) is -0.934. The van der Waals surface area contributed by atoms with Crippen molar-refractivity contribution in [2.24, 2.45) is 0 Å². The van der Waals surface area contributed by atoms with Crippen molar-refractivity contribution >= 4 is 21.9 Å². The molecule has 1 N–H and O–H groups in total. The van der Waals surface area contributed by atoms with Gasteiger partial charge in [-0.3, -0.25) is 0 Å². The van der Waals surface area contributed by atoms with Gasteiger partial charge < -0.3 is 5.11 Å². The molecule has 0 aliphatic carbocycles. The highest BCUT2D eigenvalue weighted by molar-refractivity contribution is 9.10. The van der Waals surface area contributed by atoms with Gasteiger partial charge in [-0.25, -0.2) is 9.48 Å². The molecule has 0 aliphatic rings. The summed E-state index contributed by atoms with van der Waals surface area (Å²) in [5.41, 5.74) is 3.13. The van der Waals surface area contributed by atoms with Crippen molar-refractivity contribution in [3.63, 3.8) is 0 Å². The number of halogens is 1. The molecule has 0 unspecified atom stereocenters. The van der Waals surface area contributed by atoms with E-state index >= 15 is 0 Å². The van der Waals surface area contributed by atoms with Crippen molar-refractivity contribution in [3.05, 3.63) is 71.0 Å². The Kier molecular flexibility index (Phi) is 3.58. The molecule has 0 saturated carbocycles. The topological polar surface area (TPSA) is 55.1 Å². The van der Waals surface area contributed by atoms with Crippen molar-refractivity contribution < 1.29 is 9.90 Å². The molecule has 0 saturated heterocycles. The molecular formula is C16H11BrN2O2. The van der Waals surface area contributed by atoms with E-state index in [1.165, 1.54) is 0 Å². The summed E-state index contributed by atoms with van der Waals surface area (Å²) < 4.78 is 2.73. The minimum Gasteiger partial charge on any atom is -0.478 e. The molecule has 3 aromatic rings. The quantitative estimate of drug-likeness (QED) is 0.782. The largest absolute Gasteiger partial charge is 0.478 e. The molecule has 0 atom stereocenters. The highest BCUT2D eigenvalue weighted by Gasteiger charge is 2.07. The number of aromatic nitrogens is 2. The van der Waals surface area contributed by atoms with Gasteiger partial charge in [0.15, 0.2) is 0 Å². The highest BCUT2D eigenvalue weighted by Crippen LogP contribution is 2.27. The van der Waals surface area contributed by atoms with Gasteiger partial charge in [-0.05, 0) is 35.9 Å². The second-order valence-corrected chi connectivity index (χ2v) is 5.36. The smallest absolute Gasteiger partial charge is 0.335 e. The number of carboxylic acid groups (broad SMARTS) is 1. The van der Waals surface area contributed by atoms with E-state index in [4.69, 9.17) is 5.11 Å². The lowest BCUT2D eigenvalue weighted by atomic mass is 10.1. The van der Waals surface area contributed by atoms with Crippen LogP contribution in [0.15, 0.2) is 65.4 Å². The van der Waals surface area contributed by atoms with E-state index in [1.54, 1.807) is 35.1 Å². The molecule has 0 radical (unpaired) electrons. The Labute approximate surface area is 129 Å². The van der Waals surface area contributed by atoms with Gasteiger partial charge in [-0.1, -0.05) is 34.1 Å². The first-order chi connectivity index (χ1) is 10.1. The third-order valence-corrected chi connectivity index (χ3v) is 3.84. The summed E-state index contributed by atoms with van der Waals surface area (Å²) in [7, 11) is 0. The van der Waals surface area contributed by atoms with E-state index in [1.807, 2.05) is 30.5 Å². The van der Waals surface area contributed by atoms with Crippen LogP contribution in [0.3, 0.4) is 0 Å². The van der Waals surface area contributed by atoms with Crippen LogP contribution in [0, 0.1) is 0 Å². The maximum Gasteiger partial charge on any atom is 0.335 e. The molecule has 0 aliphatic heterocycles. The second-order valence-electron chi connectivity index (χ2n) is 4.51. The third kappa shape index (κ3) is 2.73. The average molecular weight is 343 g/mol. The summed E-state index contributed by atoms with van der Waals surface area (Å²) in [6.07, 6.45) is 3.70. The van der Waals surface area contributed by atoms with Crippen LogP contribution < -0.4 is 0 Å². The zero-order valence-electron chi connectivity index (χ0n) is 10.9. The molecule has 2 aromatic carbocycles. The SMILES string of the molecule is O=C(O)c1ccc(-n2cc(-c3ccccc3Br)cn2)cc1. The number of rotatable bonds is 3. The minimum absolute atomic E-state index is 0.261. The maximum absolute atomic E-state index is 10.8. The van der Waals surface area contributed by atoms with Crippen LogP contribution in [0.25, 0.3) is 16.8 Å². The number of nitrogens with zero attached hydrogens (tertiary/aromatic N) is 2. The molecule has 0 amide bonds. The van der Waals surface area contributed by atoms with Crippen LogP contribution in [0.2, 0.25) is 0 Å². The molecule has 3 rings (SSSR count). The van der Waals surface area contributed by atoms with Gasteiger partial charge in [0.25, 0.3) is 0 Å². The zero-order chi connectivity index (χ0) is 14.8. The number of carboxylic acids is 1. The first-order valence-electron chi connectivity index (χ1n) is 6.28. The van der Waals surface area contributed by atoms with Gasteiger partial charge in [-0.2, -0.15) is 5.10 Å². The molecular weight excluding hydrogens is 332 g/mol. The predicted molar refractivity (Wildman–Crippen MR) is 83.7 cm³/mol. The van der Waals surface area contributed by atoms with Crippen molar-refractivity contribution in [2.45, 2.75) is 0 Å². The summed E-state index contributed by atoms with van der Waals surface area (Å²) >= 11 is 3.52. The monoisotopic (exact) mass is 342 g/mol. The first kappa shape index (κ1) is 13.6. The third-order valence-electron chi connectivity index (χ3n) is 3.15. The molecule has 104 valence electrons. The van der Waals surface area contributed by atoms with E-state index in [9.17, 15) is 4.79 Å². The lowest BCUT2D eigenvalue weighted by Gasteiger charge is -2.02.